The van der Waals surface area contributed by atoms with Crippen molar-refractivity contribution in [3.63, 3.8) is 0 Å². The van der Waals surface area contributed by atoms with Gasteiger partial charge >= 0.3 is 0 Å². The average Bonchev–Trinajstić information content (AvgIpc) is 2.74. The molecule has 0 bridgehead atoms. The van der Waals surface area contributed by atoms with Gasteiger partial charge in [0.1, 0.15) is 10.9 Å². The number of hydrogen-bond donors (Lipinski definition) is 1. The number of nitrogens with one attached hydrogen (secondary N) is 1. The van der Waals surface area contributed by atoms with Gasteiger partial charge in [-0.3, -0.25) is 0 Å². The normalized spacial score (nSPS) is 9.75. The fourth-order valence-electron chi connectivity index (χ4n) is 1.54. The first-order chi connectivity index (χ1) is 7.85. The molecule has 0 saturated carbocycles. The highest BCUT2D eigenvalue weighted by Gasteiger charge is 2.08. The van der Waals surface area contributed by atoms with Crippen LogP contribution in [0.5, 0.6) is 0 Å². The van der Waals surface area contributed by atoms with Crippen molar-refractivity contribution in [2.45, 2.75) is 6.92 Å². The number of nitrogens with zero attached hydrogens (tertiary/aromatic N) is 1. The van der Waals surface area contributed by atoms with Gasteiger partial charge in [-0.2, -0.15) is 5.26 Å². The van der Waals surface area contributed by atoms with E-state index < -0.39 is 0 Å². The number of anilines is 1. The Hall–Kier alpha value is -1.79. The number of rotatable bonds is 3. The molecule has 0 aliphatic rings. The van der Waals surface area contributed by atoms with Gasteiger partial charge in [0, 0.05) is 11.4 Å². The molecule has 1 aromatic heterocycles. The second-order valence-electron chi connectivity index (χ2n) is 3.36. The summed E-state index contributed by atoms with van der Waals surface area (Å²) < 4.78 is 0. The third-order valence-corrected chi connectivity index (χ3v) is 3.35. The van der Waals surface area contributed by atoms with E-state index >= 15 is 0 Å². The van der Waals surface area contributed by atoms with Crippen LogP contribution in [0, 0.1) is 11.3 Å². The zero-order valence-electron chi connectivity index (χ0n) is 9.03. The topological polar surface area (TPSA) is 35.8 Å². The Bertz CT molecular complexity index is 508. The summed E-state index contributed by atoms with van der Waals surface area (Å²) in [6.07, 6.45) is 0. The SMILES string of the molecule is CCNc1cc(-c2ccccc2)sc1C#N. The number of benzene rings is 1. The van der Waals surface area contributed by atoms with Crippen molar-refractivity contribution in [1.82, 2.24) is 0 Å². The molecule has 0 fully saturated rings. The van der Waals surface area contributed by atoms with Gasteiger partial charge in [0.25, 0.3) is 0 Å². The Morgan fingerprint density at radius 2 is 2.06 bits per heavy atom. The van der Waals surface area contributed by atoms with Crippen LogP contribution >= 0.6 is 11.3 Å². The van der Waals surface area contributed by atoms with E-state index in [-0.39, 0.29) is 0 Å². The van der Waals surface area contributed by atoms with Crippen molar-refractivity contribution in [3.05, 3.63) is 41.3 Å². The van der Waals surface area contributed by atoms with Gasteiger partial charge in [0.05, 0.1) is 5.69 Å². The van der Waals surface area contributed by atoms with E-state index in [1.807, 2.05) is 31.2 Å². The third-order valence-electron chi connectivity index (χ3n) is 2.26. The van der Waals surface area contributed by atoms with Gasteiger partial charge in [-0.25, -0.2) is 0 Å². The smallest absolute Gasteiger partial charge is 0.128 e. The van der Waals surface area contributed by atoms with Gasteiger partial charge in [-0.1, -0.05) is 30.3 Å². The van der Waals surface area contributed by atoms with Gasteiger partial charge in [-0.15, -0.1) is 11.3 Å². The van der Waals surface area contributed by atoms with E-state index in [4.69, 9.17) is 5.26 Å². The molecule has 0 unspecified atom stereocenters. The molecule has 0 spiro atoms. The highest BCUT2D eigenvalue weighted by atomic mass is 32.1. The summed E-state index contributed by atoms with van der Waals surface area (Å²) in [7, 11) is 0. The molecule has 2 nitrogen and oxygen atoms in total. The maximum Gasteiger partial charge on any atom is 0.128 e. The molecule has 1 N–H and O–H groups in total. The lowest BCUT2D eigenvalue weighted by Gasteiger charge is -1.97. The first-order valence-corrected chi connectivity index (χ1v) is 6.00. The molecule has 3 heteroatoms. The van der Waals surface area contributed by atoms with Crippen LogP contribution in [0.15, 0.2) is 36.4 Å². The second-order valence-corrected chi connectivity index (χ2v) is 4.41. The van der Waals surface area contributed by atoms with Crippen LogP contribution in [0.4, 0.5) is 5.69 Å². The largest absolute Gasteiger partial charge is 0.384 e. The Morgan fingerprint density at radius 1 is 1.31 bits per heavy atom. The predicted molar refractivity (Wildman–Crippen MR) is 68.6 cm³/mol. The van der Waals surface area contributed by atoms with E-state index in [0.717, 1.165) is 27.5 Å². The van der Waals surface area contributed by atoms with Gasteiger partial charge in [0.2, 0.25) is 0 Å². The molecule has 80 valence electrons. The Labute approximate surface area is 99.2 Å². The summed E-state index contributed by atoms with van der Waals surface area (Å²) in [5.74, 6) is 0. The molecule has 2 rings (SSSR count). The van der Waals surface area contributed by atoms with Crippen molar-refractivity contribution in [1.29, 1.82) is 5.26 Å². The summed E-state index contributed by atoms with van der Waals surface area (Å²) in [5, 5.41) is 12.2. The molecule has 0 atom stereocenters. The van der Waals surface area contributed by atoms with Crippen molar-refractivity contribution >= 4 is 17.0 Å². The van der Waals surface area contributed by atoms with Gasteiger partial charge < -0.3 is 5.32 Å². The van der Waals surface area contributed by atoms with Crippen LogP contribution in [-0.4, -0.2) is 6.54 Å². The van der Waals surface area contributed by atoms with Gasteiger partial charge in [-0.05, 0) is 18.6 Å². The molecule has 0 aliphatic heterocycles. The van der Waals surface area contributed by atoms with Crippen molar-refractivity contribution < 1.29 is 0 Å². The quantitative estimate of drug-likeness (QED) is 0.869. The summed E-state index contributed by atoms with van der Waals surface area (Å²) in [5.41, 5.74) is 2.10. The van der Waals surface area contributed by atoms with E-state index in [9.17, 15) is 0 Å². The minimum Gasteiger partial charge on any atom is -0.384 e. The van der Waals surface area contributed by atoms with Gasteiger partial charge in [0.15, 0.2) is 0 Å². The zero-order valence-corrected chi connectivity index (χ0v) is 9.84. The lowest BCUT2D eigenvalue weighted by molar-refractivity contribution is 1.21. The van der Waals surface area contributed by atoms with Crippen LogP contribution in [0.25, 0.3) is 10.4 Å². The fourth-order valence-corrected chi connectivity index (χ4v) is 2.48. The molecule has 0 radical (unpaired) electrons. The third kappa shape index (κ3) is 2.07. The van der Waals surface area contributed by atoms with Crippen molar-refractivity contribution in [2.24, 2.45) is 0 Å². The lowest BCUT2D eigenvalue weighted by Crippen LogP contribution is -1.95. The second kappa shape index (κ2) is 4.82. The van der Waals surface area contributed by atoms with Crippen LogP contribution in [0.1, 0.15) is 11.8 Å². The summed E-state index contributed by atoms with van der Waals surface area (Å²) >= 11 is 1.53. The molecule has 2 aromatic rings. The molecular formula is C13H12N2S. The average molecular weight is 228 g/mol. The number of thiophene rings is 1. The fraction of sp³-hybridized carbons (Fsp3) is 0.154. The van der Waals surface area contributed by atoms with Crippen molar-refractivity contribution in [2.75, 3.05) is 11.9 Å². The standard InChI is InChI=1S/C13H12N2S/c1-2-15-11-8-12(16-13(11)9-14)10-6-4-3-5-7-10/h3-8,15H,2H2,1H3. The van der Waals surface area contributed by atoms with E-state index in [1.165, 1.54) is 11.3 Å². The number of nitriles is 1. The van der Waals surface area contributed by atoms with E-state index in [2.05, 4.69) is 23.5 Å². The monoisotopic (exact) mass is 228 g/mol. The van der Waals surface area contributed by atoms with E-state index in [0.29, 0.717) is 0 Å². The van der Waals surface area contributed by atoms with Crippen LogP contribution in [0.3, 0.4) is 0 Å². The first kappa shape index (κ1) is 10.7. The Balaban J connectivity index is 2.41. The zero-order chi connectivity index (χ0) is 11.4. The molecule has 1 aromatic carbocycles. The van der Waals surface area contributed by atoms with Crippen LogP contribution in [-0.2, 0) is 0 Å². The minimum absolute atomic E-state index is 0.751. The Kier molecular flexibility index (Phi) is 3.23. The lowest BCUT2D eigenvalue weighted by atomic mass is 10.2. The molecule has 16 heavy (non-hydrogen) atoms. The molecule has 0 aliphatic carbocycles. The Morgan fingerprint density at radius 3 is 2.69 bits per heavy atom. The maximum absolute atomic E-state index is 9.03. The van der Waals surface area contributed by atoms with Crippen LogP contribution in [0.2, 0.25) is 0 Å². The molecule has 0 amide bonds. The molecule has 0 saturated heterocycles. The highest BCUT2D eigenvalue weighted by molar-refractivity contribution is 7.16. The highest BCUT2D eigenvalue weighted by Crippen LogP contribution is 2.33. The van der Waals surface area contributed by atoms with E-state index in [1.54, 1.807) is 0 Å². The summed E-state index contributed by atoms with van der Waals surface area (Å²) in [4.78, 5) is 1.88. The first-order valence-electron chi connectivity index (χ1n) is 5.18. The summed E-state index contributed by atoms with van der Waals surface area (Å²) in [6, 6.07) is 14.4. The van der Waals surface area contributed by atoms with Crippen molar-refractivity contribution in [3.8, 4) is 16.5 Å². The predicted octanol–water partition coefficient (Wildman–Crippen LogP) is 3.72. The molecular weight excluding hydrogens is 216 g/mol. The summed E-state index contributed by atoms with van der Waals surface area (Å²) in [6.45, 7) is 2.86. The van der Waals surface area contributed by atoms with Crippen LogP contribution < -0.4 is 5.32 Å². The maximum atomic E-state index is 9.03. The molecule has 1 heterocycles. The minimum atomic E-state index is 0.751. The number of hydrogen-bond acceptors (Lipinski definition) is 3.